The molecule has 0 spiro atoms. The largest absolute Gasteiger partial charge is 0.302 e. The molecular formula is C27H30O3P2. The lowest BCUT2D eigenvalue weighted by Gasteiger charge is -2.22. The summed E-state index contributed by atoms with van der Waals surface area (Å²) in [6.07, 6.45) is 0. The molecule has 0 aliphatic rings. The molecule has 0 fully saturated rings. The monoisotopic (exact) mass is 464 g/mol. The van der Waals surface area contributed by atoms with Crippen molar-refractivity contribution in [1.29, 1.82) is 0 Å². The third-order valence-corrected chi connectivity index (χ3v) is 9.61. The Morgan fingerprint density at radius 2 is 1.12 bits per heavy atom. The molecular weight excluding hydrogens is 434 g/mol. The molecule has 166 valence electrons. The molecule has 3 aromatic carbocycles. The maximum atomic E-state index is 14.7. The highest BCUT2D eigenvalue weighted by molar-refractivity contribution is 8.01. The van der Waals surface area contributed by atoms with E-state index in [4.69, 9.17) is 0 Å². The van der Waals surface area contributed by atoms with Crippen LogP contribution in [0.4, 0.5) is 0 Å². The van der Waals surface area contributed by atoms with Gasteiger partial charge in [0, 0.05) is 16.4 Å². The highest BCUT2D eigenvalue weighted by Gasteiger charge is 2.44. The molecule has 0 aliphatic carbocycles. The fourth-order valence-corrected chi connectivity index (χ4v) is 7.22. The lowest BCUT2D eigenvalue weighted by atomic mass is 10.0. The second-order valence-corrected chi connectivity index (χ2v) is 11.9. The number of carbonyl (C=O) groups is 2. The van der Waals surface area contributed by atoms with Gasteiger partial charge in [0.15, 0.2) is 0 Å². The Balaban J connectivity index is 2.35. The van der Waals surface area contributed by atoms with E-state index in [1.165, 1.54) is 0 Å². The van der Waals surface area contributed by atoms with Crippen molar-refractivity contribution in [2.24, 2.45) is 0 Å². The first-order valence-electron chi connectivity index (χ1n) is 10.6. The molecule has 0 heterocycles. The van der Waals surface area contributed by atoms with Crippen LogP contribution in [-0.4, -0.2) is 11.0 Å². The predicted molar refractivity (Wildman–Crippen MR) is 138 cm³/mol. The second-order valence-electron chi connectivity index (χ2n) is 8.75. The van der Waals surface area contributed by atoms with E-state index >= 15 is 0 Å². The molecule has 3 rings (SSSR count). The van der Waals surface area contributed by atoms with Crippen LogP contribution in [0.5, 0.6) is 0 Å². The molecule has 32 heavy (non-hydrogen) atoms. The van der Waals surface area contributed by atoms with Gasteiger partial charge in [-0.05, 0) is 81.6 Å². The van der Waals surface area contributed by atoms with Crippen LogP contribution >= 0.6 is 16.4 Å². The maximum Gasteiger partial charge on any atom is 0.248 e. The van der Waals surface area contributed by atoms with Gasteiger partial charge < -0.3 is 4.57 Å². The summed E-state index contributed by atoms with van der Waals surface area (Å²) in [4.78, 5) is 28.1. The van der Waals surface area contributed by atoms with Gasteiger partial charge in [-0.15, -0.1) is 9.24 Å². The van der Waals surface area contributed by atoms with Crippen molar-refractivity contribution in [3.63, 3.8) is 0 Å². The fourth-order valence-electron chi connectivity index (χ4n) is 4.44. The topological polar surface area (TPSA) is 51.2 Å². The van der Waals surface area contributed by atoms with Crippen molar-refractivity contribution < 1.29 is 14.2 Å². The third kappa shape index (κ3) is 4.05. The van der Waals surface area contributed by atoms with Crippen LogP contribution < -0.4 is 10.6 Å². The quantitative estimate of drug-likeness (QED) is 0.434. The maximum absolute atomic E-state index is 14.7. The molecule has 3 nitrogen and oxygen atoms in total. The van der Waals surface area contributed by atoms with Gasteiger partial charge >= 0.3 is 0 Å². The summed E-state index contributed by atoms with van der Waals surface area (Å²) in [5, 5.41) is 1.17. The molecule has 5 heteroatoms. The van der Waals surface area contributed by atoms with Crippen LogP contribution in [0.3, 0.4) is 0 Å². The fraction of sp³-hybridized carbons (Fsp3) is 0.259. The van der Waals surface area contributed by atoms with Crippen LogP contribution in [0.1, 0.15) is 59.7 Å². The average molecular weight is 464 g/mol. The van der Waals surface area contributed by atoms with Crippen LogP contribution in [0, 0.1) is 48.5 Å². The predicted octanol–water partition coefficient (Wildman–Crippen LogP) is 6.02. The van der Waals surface area contributed by atoms with E-state index < -0.39 is 18.2 Å². The zero-order valence-electron chi connectivity index (χ0n) is 19.8. The van der Waals surface area contributed by atoms with Crippen molar-refractivity contribution in [1.82, 2.24) is 0 Å². The van der Waals surface area contributed by atoms with Gasteiger partial charge in [0.25, 0.3) is 0 Å². The summed E-state index contributed by atoms with van der Waals surface area (Å²) in [5.41, 5.74) is 5.53. The third-order valence-electron chi connectivity index (χ3n) is 6.11. The molecule has 0 bridgehead atoms. The molecule has 0 amide bonds. The van der Waals surface area contributed by atoms with E-state index in [0.717, 1.165) is 44.2 Å². The summed E-state index contributed by atoms with van der Waals surface area (Å²) in [7, 11) is -1.50. The van der Waals surface area contributed by atoms with E-state index in [1.54, 1.807) is 24.3 Å². The van der Waals surface area contributed by atoms with Crippen molar-refractivity contribution in [3.8, 4) is 0 Å². The number of carbonyl (C=O) groups excluding carboxylic acids is 2. The van der Waals surface area contributed by atoms with Crippen molar-refractivity contribution >= 4 is 38.0 Å². The number of rotatable bonds is 5. The number of aryl methyl sites for hydroxylation is 6. The Morgan fingerprint density at radius 1 is 0.656 bits per heavy atom. The van der Waals surface area contributed by atoms with Gasteiger partial charge in [0.2, 0.25) is 18.2 Å². The number of hydrogen-bond acceptors (Lipinski definition) is 3. The van der Waals surface area contributed by atoms with Gasteiger partial charge in [-0.2, -0.15) is 0 Å². The lowest BCUT2D eigenvalue weighted by Crippen LogP contribution is -2.24. The molecule has 3 aromatic rings. The molecule has 2 unspecified atom stereocenters. The molecule has 0 radical (unpaired) electrons. The average Bonchev–Trinajstić information content (AvgIpc) is 2.71. The number of benzene rings is 3. The van der Waals surface area contributed by atoms with Gasteiger partial charge in [-0.3, -0.25) is 9.59 Å². The highest BCUT2D eigenvalue weighted by atomic mass is 31.2. The second kappa shape index (κ2) is 8.89. The van der Waals surface area contributed by atoms with Crippen LogP contribution in [-0.2, 0) is 4.57 Å². The first-order valence-corrected chi connectivity index (χ1v) is 12.9. The Labute approximate surface area is 193 Å². The smallest absolute Gasteiger partial charge is 0.248 e. The van der Waals surface area contributed by atoms with E-state index in [2.05, 4.69) is 9.24 Å². The Morgan fingerprint density at radius 3 is 1.66 bits per heavy atom. The molecule has 0 saturated carbocycles. The van der Waals surface area contributed by atoms with Crippen molar-refractivity contribution in [2.75, 3.05) is 0 Å². The summed E-state index contributed by atoms with van der Waals surface area (Å²) >= 11 is 0. The van der Waals surface area contributed by atoms with Crippen molar-refractivity contribution in [2.45, 2.75) is 48.5 Å². The van der Waals surface area contributed by atoms with E-state index in [1.807, 2.05) is 66.7 Å². The summed E-state index contributed by atoms with van der Waals surface area (Å²) < 4.78 is 14.7. The molecule has 0 N–H and O–H groups in total. The Hall–Kier alpha value is -2.34. The normalized spacial score (nSPS) is 13.0. The SMILES string of the molecule is Cc1ccc(P(=O)(C(=O)c2c(C)cc(C)cc2C)C(=O)c2c(C)cc(C)c(P)c2C)cc1. The first kappa shape index (κ1) is 24.3. The molecule has 0 aromatic heterocycles. The lowest BCUT2D eigenvalue weighted by molar-refractivity contribution is 0.104. The van der Waals surface area contributed by atoms with Gasteiger partial charge in [-0.25, -0.2) is 0 Å². The summed E-state index contributed by atoms with van der Waals surface area (Å²) in [5.74, 6) is 0. The Kier molecular flexibility index (Phi) is 6.75. The standard InChI is InChI=1S/C27H30O3P2/c1-15-8-10-22(11-9-15)32(30,26(28)23-17(3)12-16(2)13-18(23)4)27(29)24-19(5)14-20(6)25(31)21(24)7/h8-14H,31H2,1-7H3. The zero-order chi connectivity index (χ0) is 24.0. The minimum Gasteiger partial charge on any atom is -0.302 e. The van der Waals surface area contributed by atoms with Crippen LogP contribution in [0.25, 0.3) is 0 Å². The minimum atomic E-state index is -4.16. The molecule has 2 atom stereocenters. The molecule has 0 aliphatic heterocycles. The van der Waals surface area contributed by atoms with Crippen LogP contribution in [0.2, 0.25) is 0 Å². The first-order chi connectivity index (χ1) is 14.9. The van der Waals surface area contributed by atoms with Gasteiger partial charge in [0.05, 0.1) is 0 Å². The van der Waals surface area contributed by atoms with Crippen LogP contribution in [0.15, 0.2) is 42.5 Å². The summed E-state index contributed by atoms with van der Waals surface area (Å²) in [6.45, 7) is 13.2. The van der Waals surface area contributed by atoms with Gasteiger partial charge in [0.1, 0.15) is 0 Å². The highest BCUT2D eigenvalue weighted by Crippen LogP contribution is 2.52. The van der Waals surface area contributed by atoms with E-state index in [9.17, 15) is 14.2 Å². The summed E-state index contributed by atoms with van der Waals surface area (Å²) in [6, 6.07) is 12.6. The van der Waals surface area contributed by atoms with Gasteiger partial charge in [-0.1, -0.05) is 53.6 Å². The minimum absolute atomic E-state index is 0.280. The molecule has 0 saturated heterocycles. The Bertz CT molecular complexity index is 1280. The van der Waals surface area contributed by atoms with Crippen molar-refractivity contribution in [3.05, 3.63) is 92.5 Å². The van der Waals surface area contributed by atoms with E-state index in [0.29, 0.717) is 11.1 Å². The van der Waals surface area contributed by atoms with E-state index in [-0.39, 0.29) is 5.30 Å². The number of hydrogen-bond donors (Lipinski definition) is 0. The zero-order valence-corrected chi connectivity index (χ0v) is 21.8.